The molecule has 0 amide bonds. The summed E-state index contributed by atoms with van der Waals surface area (Å²) in [5.41, 5.74) is -1.71. The number of rotatable bonds is 2. The summed E-state index contributed by atoms with van der Waals surface area (Å²) >= 11 is 0. The Kier molecular flexibility index (Phi) is 3.16. The van der Waals surface area contributed by atoms with Crippen LogP contribution in [0.1, 0.15) is 22.6 Å². The standard InChI is InChI=1S/C13H12O6/c1-6-3-10(14)8(12(16)18-6)5-9-11(15)4-7(2)19-13(9)17/h3-4,14-15H,5H2,1-2H3. The quantitative estimate of drug-likeness (QED) is 0.845. The van der Waals surface area contributed by atoms with Gasteiger partial charge in [-0.25, -0.2) is 9.59 Å². The predicted octanol–water partition coefficient (Wildman–Crippen LogP) is 1.21. The first-order chi connectivity index (χ1) is 8.88. The minimum atomic E-state index is -0.753. The third-order valence-electron chi connectivity index (χ3n) is 2.65. The van der Waals surface area contributed by atoms with E-state index < -0.39 is 11.3 Å². The monoisotopic (exact) mass is 264 g/mol. The van der Waals surface area contributed by atoms with Gasteiger partial charge in [0.1, 0.15) is 23.0 Å². The topological polar surface area (TPSA) is 101 Å². The van der Waals surface area contributed by atoms with Gasteiger partial charge in [-0.15, -0.1) is 0 Å². The Morgan fingerprint density at radius 1 is 0.895 bits per heavy atom. The van der Waals surface area contributed by atoms with Gasteiger partial charge in [-0.1, -0.05) is 0 Å². The van der Waals surface area contributed by atoms with Gasteiger partial charge in [-0.3, -0.25) is 0 Å². The largest absolute Gasteiger partial charge is 0.507 e. The fourth-order valence-corrected chi connectivity index (χ4v) is 1.75. The molecule has 0 saturated carbocycles. The van der Waals surface area contributed by atoms with E-state index in [1.807, 2.05) is 0 Å². The smallest absolute Gasteiger partial charge is 0.343 e. The maximum absolute atomic E-state index is 11.6. The molecular formula is C13H12O6. The zero-order valence-electron chi connectivity index (χ0n) is 10.4. The lowest BCUT2D eigenvalue weighted by Crippen LogP contribution is -2.14. The summed E-state index contributed by atoms with van der Waals surface area (Å²) in [7, 11) is 0. The van der Waals surface area contributed by atoms with E-state index in [1.54, 1.807) is 0 Å². The molecule has 6 heteroatoms. The Bertz CT molecular complexity index is 674. The van der Waals surface area contributed by atoms with Crippen molar-refractivity contribution in [2.24, 2.45) is 0 Å². The van der Waals surface area contributed by atoms with E-state index in [0.29, 0.717) is 0 Å². The van der Waals surface area contributed by atoms with Crippen LogP contribution in [-0.2, 0) is 6.42 Å². The molecule has 100 valence electrons. The van der Waals surface area contributed by atoms with E-state index in [1.165, 1.54) is 26.0 Å². The summed E-state index contributed by atoms with van der Waals surface area (Å²) in [6.07, 6.45) is -0.261. The van der Waals surface area contributed by atoms with E-state index in [4.69, 9.17) is 8.83 Å². The summed E-state index contributed by atoms with van der Waals surface area (Å²) in [5.74, 6) is -0.0564. The number of hydrogen-bond donors (Lipinski definition) is 2. The molecule has 0 atom stereocenters. The molecule has 0 aromatic carbocycles. The molecule has 0 radical (unpaired) electrons. The average molecular weight is 264 g/mol. The first-order valence-corrected chi connectivity index (χ1v) is 5.53. The van der Waals surface area contributed by atoms with E-state index >= 15 is 0 Å². The van der Waals surface area contributed by atoms with Crippen LogP contribution in [0.15, 0.2) is 30.6 Å². The van der Waals surface area contributed by atoms with Crippen molar-refractivity contribution in [1.82, 2.24) is 0 Å². The van der Waals surface area contributed by atoms with Gasteiger partial charge in [0.15, 0.2) is 0 Å². The molecule has 2 aromatic rings. The summed E-state index contributed by atoms with van der Waals surface area (Å²) in [6.45, 7) is 3.03. The summed E-state index contributed by atoms with van der Waals surface area (Å²) in [5, 5.41) is 19.4. The van der Waals surface area contributed by atoms with E-state index in [0.717, 1.165) is 0 Å². The SMILES string of the molecule is Cc1cc(O)c(Cc2c(O)cc(C)oc2=O)c(=O)o1. The Labute approximate surface area is 107 Å². The molecule has 0 aliphatic rings. The molecule has 2 N–H and O–H groups in total. The molecule has 19 heavy (non-hydrogen) atoms. The normalized spacial score (nSPS) is 10.6. The van der Waals surface area contributed by atoms with Crippen LogP contribution in [0.4, 0.5) is 0 Å². The molecule has 0 spiro atoms. The van der Waals surface area contributed by atoms with Gasteiger partial charge in [0.25, 0.3) is 0 Å². The van der Waals surface area contributed by atoms with Crippen molar-refractivity contribution >= 4 is 0 Å². The molecule has 6 nitrogen and oxygen atoms in total. The number of aryl methyl sites for hydroxylation is 2. The third kappa shape index (κ3) is 2.52. The highest BCUT2D eigenvalue weighted by molar-refractivity contribution is 5.38. The van der Waals surface area contributed by atoms with Gasteiger partial charge < -0.3 is 19.0 Å². The van der Waals surface area contributed by atoms with Crippen molar-refractivity contribution in [3.05, 3.63) is 55.6 Å². The molecular weight excluding hydrogens is 252 g/mol. The minimum absolute atomic E-state index is 0.1000. The molecule has 2 heterocycles. The highest BCUT2D eigenvalue weighted by atomic mass is 16.4. The molecule has 0 aliphatic heterocycles. The second-order valence-corrected chi connectivity index (χ2v) is 4.19. The summed E-state index contributed by atoms with van der Waals surface area (Å²) in [4.78, 5) is 23.2. The lowest BCUT2D eigenvalue weighted by Gasteiger charge is -2.05. The summed E-state index contributed by atoms with van der Waals surface area (Å²) < 4.78 is 9.67. The van der Waals surface area contributed by atoms with Crippen LogP contribution in [0.25, 0.3) is 0 Å². The highest BCUT2D eigenvalue weighted by Crippen LogP contribution is 2.22. The summed E-state index contributed by atoms with van der Waals surface area (Å²) in [6, 6.07) is 2.53. The van der Waals surface area contributed by atoms with Crippen molar-refractivity contribution in [3.8, 4) is 11.5 Å². The molecule has 0 saturated heterocycles. The Morgan fingerprint density at radius 3 is 1.58 bits per heavy atom. The van der Waals surface area contributed by atoms with Crippen molar-refractivity contribution in [2.75, 3.05) is 0 Å². The van der Waals surface area contributed by atoms with Crippen LogP contribution in [0.2, 0.25) is 0 Å². The van der Waals surface area contributed by atoms with E-state index in [9.17, 15) is 19.8 Å². The third-order valence-corrected chi connectivity index (χ3v) is 2.65. The minimum Gasteiger partial charge on any atom is -0.507 e. The molecule has 0 aliphatic carbocycles. The van der Waals surface area contributed by atoms with Gasteiger partial charge in [0.2, 0.25) is 0 Å². The van der Waals surface area contributed by atoms with Crippen LogP contribution < -0.4 is 11.3 Å². The van der Waals surface area contributed by atoms with Crippen molar-refractivity contribution in [3.63, 3.8) is 0 Å². The second-order valence-electron chi connectivity index (χ2n) is 4.19. The zero-order chi connectivity index (χ0) is 14.2. The molecule has 2 aromatic heterocycles. The zero-order valence-corrected chi connectivity index (χ0v) is 10.4. The second kappa shape index (κ2) is 4.64. The molecule has 2 rings (SSSR count). The van der Waals surface area contributed by atoms with Gasteiger partial charge in [-0.05, 0) is 13.8 Å². The Balaban J connectivity index is 2.54. The van der Waals surface area contributed by atoms with Crippen LogP contribution in [0.5, 0.6) is 11.5 Å². The number of aromatic hydroxyl groups is 2. The van der Waals surface area contributed by atoms with Crippen LogP contribution in [0, 0.1) is 13.8 Å². The maximum atomic E-state index is 11.6. The first kappa shape index (κ1) is 12.9. The van der Waals surface area contributed by atoms with Crippen LogP contribution >= 0.6 is 0 Å². The number of hydrogen-bond acceptors (Lipinski definition) is 6. The van der Waals surface area contributed by atoms with Crippen molar-refractivity contribution < 1.29 is 19.0 Å². The first-order valence-electron chi connectivity index (χ1n) is 5.53. The van der Waals surface area contributed by atoms with Gasteiger partial charge in [0, 0.05) is 18.6 Å². The Hall–Kier alpha value is -2.50. The van der Waals surface area contributed by atoms with Crippen LogP contribution in [-0.4, -0.2) is 10.2 Å². The predicted molar refractivity (Wildman–Crippen MR) is 65.6 cm³/mol. The van der Waals surface area contributed by atoms with Gasteiger partial charge in [0.05, 0.1) is 11.1 Å². The van der Waals surface area contributed by atoms with Crippen LogP contribution in [0.3, 0.4) is 0 Å². The lowest BCUT2D eigenvalue weighted by atomic mass is 10.1. The molecule has 0 bridgehead atoms. The Morgan fingerprint density at radius 2 is 1.26 bits per heavy atom. The fourth-order valence-electron chi connectivity index (χ4n) is 1.75. The maximum Gasteiger partial charge on any atom is 0.343 e. The molecule has 0 unspecified atom stereocenters. The van der Waals surface area contributed by atoms with Crippen molar-refractivity contribution in [2.45, 2.75) is 20.3 Å². The van der Waals surface area contributed by atoms with Gasteiger partial charge in [-0.2, -0.15) is 0 Å². The van der Waals surface area contributed by atoms with Crippen molar-refractivity contribution in [1.29, 1.82) is 0 Å². The van der Waals surface area contributed by atoms with E-state index in [2.05, 4.69) is 0 Å². The van der Waals surface area contributed by atoms with E-state index in [-0.39, 0.29) is 40.6 Å². The lowest BCUT2D eigenvalue weighted by molar-refractivity contribution is 0.413. The average Bonchev–Trinajstić information content (AvgIpc) is 2.25. The highest BCUT2D eigenvalue weighted by Gasteiger charge is 2.16. The molecule has 0 fully saturated rings. The van der Waals surface area contributed by atoms with Gasteiger partial charge >= 0.3 is 11.3 Å². The fraction of sp³-hybridized carbons (Fsp3) is 0.231.